The zero-order chi connectivity index (χ0) is 16.4. The Labute approximate surface area is 138 Å². The van der Waals surface area contributed by atoms with Crippen LogP contribution in [-0.4, -0.2) is 36.9 Å². The quantitative estimate of drug-likeness (QED) is 0.857. The van der Waals surface area contributed by atoms with E-state index in [1.54, 1.807) is 4.90 Å². The molecule has 1 saturated heterocycles. The molecule has 1 heterocycles. The molecule has 1 aliphatic heterocycles. The molecule has 0 bridgehead atoms. The van der Waals surface area contributed by atoms with E-state index in [4.69, 9.17) is 0 Å². The molecule has 4 nitrogen and oxygen atoms in total. The lowest BCUT2D eigenvalue weighted by Gasteiger charge is -2.24. The fourth-order valence-electron chi connectivity index (χ4n) is 3.83. The van der Waals surface area contributed by atoms with Gasteiger partial charge < -0.3 is 9.80 Å². The van der Waals surface area contributed by atoms with Crippen LogP contribution in [0.15, 0.2) is 24.3 Å². The van der Waals surface area contributed by atoms with Crippen molar-refractivity contribution in [1.82, 2.24) is 4.90 Å². The van der Waals surface area contributed by atoms with Crippen LogP contribution in [0.4, 0.5) is 5.69 Å². The van der Waals surface area contributed by atoms with Crippen molar-refractivity contribution >= 4 is 17.5 Å². The zero-order valence-electron chi connectivity index (χ0n) is 14.1. The number of hydrogen-bond acceptors (Lipinski definition) is 2. The number of carbonyl (C=O) groups is 2. The highest BCUT2D eigenvalue weighted by Crippen LogP contribution is 2.28. The van der Waals surface area contributed by atoms with Crippen LogP contribution >= 0.6 is 0 Å². The van der Waals surface area contributed by atoms with Crippen LogP contribution in [0, 0.1) is 18.8 Å². The van der Waals surface area contributed by atoms with Crippen LogP contribution in [0.2, 0.25) is 0 Å². The molecule has 2 aliphatic rings. The highest BCUT2D eigenvalue weighted by atomic mass is 16.2. The van der Waals surface area contributed by atoms with Crippen LogP contribution in [0.3, 0.4) is 0 Å². The molecule has 0 radical (unpaired) electrons. The molecule has 0 unspecified atom stereocenters. The lowest BCUT2D eigenvalue weighted by Crippen LogP contribution is -2.37. The van der Waals surface area contributed by atoms with Crippen molar-refractivity contribution in [3.05, 3.63) is 29.8 Å². The smallest absolute Gasteiger partial charge is 0.227 e. The van der Waals surface area contributed by atoms with Gasteiger partial charge in [-0.15, -0.1) is 0 Å². The molecule has 0 spiro atoms. The second kappa shape index (κ2) is 6.73. The van der Waals surface area contributed by atoms with Gasteiger partial charge in [0.25, 0.3) is 0 Å². The molecule has 1 aliphatic carbocycles. The summed E-state index contributed by atoms with van der Waals surface area (Å²) >= 11 is 0. The van der Waals surface area contributed by atoms with Gasteiger partial charge in [0, 0.05) is 32.2 Å². The minimum absolute atomic E-state index is 0.0569. The molecule has 3 rings (SSSR count). The molecule has 0 N–H and O–H groups in total. The van der Waals surface area contributed by atoms with Crippen LogP contribution < -0.4 is 4.90 Å². The average Bonchev–Trinajstić information content (AvgIpc) is 3.17. The summed E-state index contributed by atoms with van der Waals surface area (Å²) < 4.78 is 0. The van der Waals surface area contributed by atoms with Gasteiger partial charge in [0.1, 0.15) is 0 Å². The summed E-state index contributed by atoms with van der Waals surface area (Å²) in [6, 6.07) is 7.93. The van der Waals surface area contributed by atoms with E-state index in [0.29, 0.717) is 18.9 Å². The third-order valence-corrected chi connectivity index (χ3v) is 5.20. The minimum Gasteiger partial charge on any atom is -0.345 e. The van der Waals surface area contributed by atoms with E-state index in [-0.39, 0.29) is 17.7 Å². The second-order valence-corrected chi connectivity index (χ2v) is 7.11. The van der Waals surface area contributed by atoms with Crippen LogP contribution in [0.5, 0.6) is 0 Å². The number of nitrogens with zero attached hydrogens (tertiary/aromatic N) is 2. The van der Waals surface area contributed by atoms with Crippen molar-refractivity contribution in [2.75, 3.05) is 25.0 Å². The van der Waals surface area contributed by atoms with Gasteiger partial charge in [-0.25, -0.2) is 0 Å². The number of aryl methyl sites for hydroxylation is 1. The summed E-state index contributed by atoms with van der Waals surface area (Å²) in [5.41, 5.74) is 2.07. The lowest BCUT2D eigenvalue weighted by atomic mass is 10.0. The van der Waals surface area contributed by atoms with E-state index < -0.39 is 0 Å². The van der Waals surface area contributed by atoms with Crippen LogP contribution in [0.25, 0.3) is 0 Å². The van der Waals surface area contributed by atoms with E-state index in [1.165, 1.54) is 31.2 Å². The van der Waals surface area contributed by atoms with E-state index in [0.717, 1.165) is 12.2 Å². The molecular formula is C19H26N2O2. The SMILES string of the molecule is Cc1ccc(N2C[C@@H](C(=O)N(C)CC3CCCC3)CC2=O)cc1. The number of hydrogen-bond donors (Lipinski definition) is 0. The van der Waals surface area contributed by atoms with Gasteiger partial charge in [-0.3, -0.25) is 9.59 Å². The number of carbonyl (C=O) groups excluding carboxylic acids is 2. The lowest BCUT2D eigenvalue weighted by molar-refractivity contribution is -0.135. The van der Waals surface area contributed by atoms with Gasteiger partial charge in [0.05, 0.1) is 5.92 Å². The predicted octanol–water partition coefficient (Wildman–Crippen LogP) is 3.00. The van der Waals surface area contributed by atoms with Crippen molar-refractivity contribution in [3.8, 4) is 0 Å². The van der Waals surface area contributed by atoms with Gasteiger partial charge in [-0.05, 0) is 37.8 Å². The zero-order valence-corrected chi connectivity index (χ0v) is 14.1. The van der Waals surface area contributed by atoms with Gasteiger partial charge >= 0.3 is 0 Å². The topological polar surface area (TPSA) is 40.6 Å². The Morgan fingerprint density at radius 3 is 2.52 bits per heavy atom. The summed E-state index contributed by atoms with van der Waals surface area (Å²) in [6.45, 7) is 3.38. The van der Waals surface area contributed by atoms with Crippen molar-refractivity contribution in [2.45, 2.75) is 39.0 Å². The van der Waals surface area contributed by atoms with Gasteiger partial charge in [0.2, 0.25) is 11.8 Å². The van der Waals surface area contributed by atoms with E-state index in [2.05, 4.69) is 0 Å². The number of anilines is 1. The highest BCUT2D eigenvalue weighted by Gasteiger charge is 2.36. The third kappa shape index (κ3) is 3.57. The summed E-state index contributed by atoms with van der Waals surface area (Å²) in [4.78, 5) is 28.6. The molecule has 1 saturated carbocycles. The number of benzene rings is 1. The number of amides is 2. The molecule has 23 heavy (non-hydrogen) atoms. The van der Waals surface area contributed by atoms with Crippen molar-refractivity contribution in [3.63, 3.8) is 0 Å². The Morgan fingerprint density at radius 1 is 1.22 bits per heavy atom. The normalized spacial score (nSPS) is 21.9. The fourth-order valence-corrected chi connectivity index (χ4v) is 3.83. The Balaban J connectivity index is 1.61. The monoisotopic (exact) mass is 314 g/mol. The molecule has 0 aromatic heterocycles. The molecule has 1 atom stereocenters. The first-order valence-corrected chi connectivity index (χ1v) is 8.66. The largest absolute Gasteiger partial charge is 0.345 e. The molecular weight excluding hydrogens is 288 g/mol. The Bertz CT molecular complexity index is 576. The molecule has 124 valence electrons. The fraction of sp³-hybridized carbons (Fsp3) is 0.579. The number of rotatable bonds is 4. The maximum absolute atomic E-state index is 12.7. The maximum Gasteiger partial charge on any atom is 0.227 e. The standard InChI is InChI=1S/C19H26N2O2/c1-14-7-9-17(10-8-14)21-13-16(11-18(21)22)19(23)20(2)12-15-5-3-4-6-15/h7-10,15-16H,3-6,11-13H2,1-2H3/t16-/m0/s1. The second-order valence-electron chi connectivity index (χ2n) is 7.11. The molecule has 4 heteroatoms. The first kappa shape index (κ1) is 16.0. The van der Waals surface area contributed by atoms with Gasteiger partial charge in [-0.1, -0.05) is 30.5 Å². The van der Waals surface area contributed by atoms with E-state index >= 15 is 0 Å². The first-order valence-electron chi connectivity index (χ1n) is 8.66. The summed E-state index contributed by atoms with van der Waals surface area (Å²) in [5, 5.41) is 0. The highest BCUT2D eigenvalue weighted by molar-refractivity contribution is 6.00. The third-order valence-electron chi connectivity index (χ3n) is 5.20. The minimum atomic E-state index is -0.199. The molecule has 2 amide bonds. The Kier molecular flexibility index (Phi) is 4.69. The van der Waals surface area contributed by atoms with E-state index in [1.807, 2.05) is 43.1 Å². The van der Waals surface area contributed by atoms with Crippen molar-refractivity contribution in [2.24, 2.45) is 11.8 Å². The summed E-state index contributed by atoms with van der Waals surface area (Å²) in [5.74, 6) is 0.630. The van der Waals surface area contributed by atoms with Gasteiger partial charge in [-0.2, -0.15) is 0 Å². The van der Waals surface area contributed by atoms with Crippen LogP contribution in [0.1, 0.15) is 37.7 Å². The summed E-state index contributed by atoms with van der Waals surface area (Å²) in [6.07, 6.45) is 5.38. The van der Waals surface area contributed by atoms with Gasteiger partial charge in [0.15, 0.2) is 0 Å². The predicted molar refractivity (Wildman–Crippen MR) is 91.2 cm³/mol. The van der Waals surface area contributed by atoms with Crippen molar-refractivity contribution < 1.29 is 9.59 Å². The molecule has 1 aromatic rings. The average molecular weight is 314 g/mol. The molecule has 2 fully saturated rings. The summed E-state index contributed by atoms with van der Waals surface area (Å²) in [7, 11) is 1.89. The van der Waals surface area contributed by atoms with Crippen LogP contribution in [-0.2, 0) is 9.59 Å². The Morgan fingerprint density at radius 2 is 1.87 bits per heavy atom. The molecule has 1 aromatic carbocycles. The first-order chi connectivity index (χ1) is 11.0. The Hall–Kier alpha value is -1.84. The van der Waals surface area contributed by atoms with E-state index in [9.17, 15) is 9.59 Å². The maximum atomic E-state index is 12.7. The van der Waals surface area contributed by atoms with Crippen molar-refractivity contribution in [1.29, 1.82) is 0 Å².